The highest BCUT2D eigenvalue weighted by atomic mass is 31.2. The first-order chi connectivity index (χ1) is 9.24. The summed E-state index contributed by atoms with van der Waals surface area (Å²) in [5.41, 5.74) is 0.0555. The molecule has 11 heteroatoms. The largest absolute Gasteiger partial charge is 0.374 e. The van der Waals surface area contributed by atoms with Gasteiger partial charge in [0.25, 0.3) is 0 Å². The molecular formula is C9H12N2O7P2. The van der Waals surface area contributed by atoms with E-state index in [4.69, 9.17) is 0 Å². The molecule has 3 N–H and O–H groups in total. The summed E-state index contributed by atoms with van der Waals surface area (Å²) in [7, 11) is -7.57. The average Bonchev–Trinajstić information content (AvgIpc) is 2.72. The number of fused-ring (bicyclic) bond motifs is 1. The number of nitrogens with zero attached hydrogens (tertiary/aromatic N) is 2. The zero-order valence-corrected chi connectivity index (χ0v) is 12.1. The Morgan fingerprint density at radius 1 is 1.30 bits per heavy atom. The minimum Gasteiger partial charge on any atom is -0.323 e. The lowest BCUT2D eigenvalue weighted by atomic mass is 10.4. The van der Waals surface area contributed by atoms with E-state index in [2.05, 4.69) is 14.5 Å². The molecule has 1 atom stereocenters. The van der Waals surface area contributed by atoms with Crippen LogP contribution in [0.1, 0.15) is 5.69 Å². The topological polar surface area (TPSA) is 131 Å². The quantitative estimate of drug-likeness (QED) is 0.409. The van der Waals surface area contributed by atoms with Crippen molar-refractivity contribution in [3.63, 3.8) is 0 Å². The molecule has 0 fully saturated rings. The summed E-state index contributed by atoms with van der Waals surface area (Å²) in [6.45, 7) is 0. The number of aromatic nitrogens is 2. The van der Waals surface area contributed by atoms with E-state index in [1.165, 1.54) is 12.1 Å². The van der Waals surface area contributed by atoms with Crippen LogP contribution in [0.3, 0.4) is 0 Å². The highest BCUT2D eigenvalue weighted by Crippen LogP contribution is 2.46. The molecule has 1 unspecified atom stereocenters. The van der Waals surface area contributed by atoms with Gasteiger partial charge in [0.15, 0.2) is 5.44 Å². The molecule has 0 aliphatic rings. The van der Waals surface area contributed by atoms with Crippen LogP contribution in [0.15, 0.2) is 24.4 Å². The van der Waals surface area contributed by atoms with Crippen molar-refractivity contribution in [3.8, 4) is 0 Å². The molecule has 20 heavy (non-hydrogen) atoms. The maximum Gasteiger partial charge on any atom is 0.374 e. The molecule has 2 heterocycles. The highest BCUT2D eigenvalue weighted by molar-refractivity contribution is 7.60. The van der Waals surface area contributed by atoms with E-state index in [0.29, 0.717) is 0 Å². The van der Waals surface area contributed by atoms with Crippen molar-refractivity contribution in [1.82, 2.24) is 9.38 Å². The molecule has 0 aliphatic heterocycles. The molecule has 9 nitrogen and oxygen atoms in total. The van der Waals surface area contributed by atoms with Gasteiger partial charge in [0.2, 0.25) is 0 Å². The van der Waals surface area contributed by atoms with Gasteiger partial charge in [-0.1, -0.05) is 6.07 Å². The van der Waals surface area contributed by atoms with Gasteiger partial charge in [-0.05, 0) is 12.1 Å². The Morgan fingerprint density at radius 2 is 2.00 bits per heavy atom. The fourth-order valence-electron chi connectivity index (χ4n) is 1.76. The summed E-state index contributed by atoms with van der Waals surface area (Å²) in [4.78, 5) is 36.1. The van der Waals surface area contributed by atoms with Crippen molar-refractivity contribution in [2.45, 2.75) is 6.16 Å². The average molecular weight is 322 g/mol. The predicted molar refractivity (Wildman–Crippen MR) is 68.5 cm³/mol. The summed E-state index contributed by atoms with van der Waals surface area (Å²) in [5.74, 6) is 0. The summed E-state index contributed by atoms with van der Waals surface area (Å²) < 4.78 is 28.5. The fraction of sp³-hybridized carbons (Fsp3) is 0.222. The van der Waals surface area contributed by atoms with Crippen LogP contribution >= 0.6 is 15.2 Å². The van der Waals surface area contributed by atoms with E-state index < -0.39 is 21.4 Å². The first kappa shape index (κ1) is 15.3. The first-order valence-corrected chi connectivity index (χ1v) is 8.68. The smallest absolute Gasteiger partial charge is 0.323 e. The Bertz CT molecular complexity index is 722. The summed E-state index contributed by atoms with van der Waals surface area (Å²) in [5, 5.41) is 0. The van der Waals surface area contributed by atoms with Gasteiger partial charge in [-0.15, -0.1) is 4.67 Å². The van der Waals surface area contributed by atoms with E-state index in [0.717, 1.165) is 17.7 Å². The maximum absolute atomic E-state index is 11.7. The van der Waals surface area contributed by atoms with E-state index in [1.54, 1.807) is 6.07 Å². The van der Waals surface area contributed by atoms with Crippen LogP contribution in [0.5, 0.6) is 0 Å². The molecular weight excluding hydrogens is 310 g/mol. The number of imidazole rings is 1. The van der Waals surface area contributed by atoms with Crippen LogP contribution in [0.25, 0.3) is 5.65 Å². The van der Waals surface area contributed by atoms with Crippen LogP contribution in [-0.2, 0) is 24.9 Å². The molecule has 2 aromatic rings. The van der Waals surface area contributed by atoms with Crippen LogP contribution in [0.2, 0.25) is 0 Å². The third-order valence-corrected chi connectivity index (χ3v) is 4.46. The van der Waals surface area contributed by atoms with Crippen LogP contribution < -0.4 is 5.44 Å². The number of rotatable bonds is 5. The van der Waals surface area contributed by atoms with Gasteiger partial charge in [0.1, 0.15) is 5.65 Å². The second kappa shape index (κ2) is 5.38. The van der Waals surface area contributed by atoms with Crippen molar-refractivity contribution in [2.24, 2.45) is 0 Å². The first-order valence-electron chi connectivity index (χ1n) is 5.30. The van der Waals surface area contributed by atoms with Gasteiger partial charge in [-0.2, -0.15) is 0 Å². The van der Waals surface area contributed by atoms with Gasteiger partial charge >= 0.3 is 15.2 Å². The molecule has 2 rings (SSSR count). The Kier molecular flexibility index (Phi) is 4.13. The minimum atomic E-state index is -4.57. The Morgan fingerprint density at radius 3 is 2.60 bits per heavy atom. The van der Waals surface area contributed by atoms with Crippen LogP contribution in [0.4, 0.5) is 0 Å². The summed E-state index contributed by atoms with van der Waals surface area (Å²) >= 11 is 0. The lowest BCUT2D eigenvalue weighted by Gasteiger charge is -2.12. The maximum atomic E-state index is 11.7. The predicted octanol–water partition coefficient (Wildman–Crippen LogP) is 0.401. The summed E-state index contributed by atoms with van der Waals surface area (Å²) in [6, 6.07) is 4.51. The van der Waals surface area contributed by atoms with Gasteiger partial charge in [-0.3, -0.25) is 13.5 Å². The van der Waals surface area contributed by atoms with E-state index in [9.17, 15) is 23.8 Å². The molecule has 0 saturated carbocycles. The van der Waals surface area contributed by atoms with Crippen molar-refractivity contribution in [2.75, 3.05) is 7.11 Å². The van der Waals surface area contributed by atoms with Crippen LogP contribution in [-0.4, -0.2) is 31.2 Å². The van der Waals surface area contributed by atoms with E-state index in [-0.39, 0.29) is 16.8 Å². The van der Waals surface area contributed by atoms with Crippen molar-refractivity contribution in [1.29, 1.82) is 0 Å². The highest BCUT2D eigenvalue weighted by Gasteiger charge is 2.27. The molecule has 0 bridgehead atoms. The van der Waals surface area contributed by atoms with Crippen molar-refractivity contribution >= 4 is 26.3 Å². The number of hydrogen-bond donors (Lipinski definition) is 3. The minimum absolute atomic E-state index is 0.168. The van der Waals surface area contributed by atoms with Crippen LogP contribution in [0, 0.1) is 0 Å². The van der Waals surface area contributed by atoms with Crippen molar-refractivity contribution < 1.29 is 33.4 Å². The molecule has 0 amide bonds. The van der Waals surface area contributed by atoms with Gasteiger partial charge in [0.05, 0.1) is 19.5 Å². The third-order valence-electron chi connectivity index (χ3n) is 2.44. The normalized spacial score (nSPS) is 15.4. The second-order valence-corrected chi connectivity index (χ2v) is 7.19. The number of hydrogen-bond acceptors (Lipinski definition) is 5. The van der Waals surface area contributed by atoms with E-state index >= 15 is 0 Å². The zero-order valence-electron chi connectivity index (χ0n) is 10.3. The number of pyridine rings is 1. The Labute approximate surface area is 113 Å². The molecule has 0 spiro atoms. The van der Waals surface area contributed by atoms with Gasteiger partial charge < -0.3 is 14.7 Å². The fourth-order valence-corrected chi connectivity index (χ4v) is 3.41. The molecule has 0 aliphatic carbocycles. The molecule has 2 aromatic heterocycles. The molecule has 0 saturated heterocycles. The van der Waals surface area contributed by atoms with Gasteiger partial charge in [-0.25, -0.2) is 9.87 Å². The molecule has 110 valence electrons. The Hall–Kier alpha value is -1.05. The molecule has 0 aromatic carbocycles. The summed E-state index contributed by atoms with van der Waals surface area (Å²) in [6.07, 6.45) is 0.542. The third kappa shape index (κ3) is 3.16. The lowest BCUT2D eigenvalue weighted by molar-refractivity contribution is -0.185. The monoisotopic (exact) mass is 322 g/mol. The SMILES string of the molecule is COOP(=O)(O)Cc1cccc2ncc(P(=O)(O)O)n12. The molecule has 0 radical (unpaired) electrons. The zero-order chi connectivity index (χ0) is 15.0. The lowest BCUT2D eigenvalue weighted by Crippen LogP contribution is -2.14. The van der Waals surface area contributed by atoms with Crippen molar-refractivity contribution in [3.05, 3.63) is 30.1 Å². The second-order valence-electron chi connectivity index (χ2n) is 3.91. The Balaban J connectivity index is 2.57. The standard InChI is InChI=1S/C9H12N2O7P2/c1-17-18-19(12,13)6-7-3-2-4-8-10-5-9(11(7)8)20(14,15)16/h2-5H,6H2,1H3,(H,12,13)(H2,14,15,16). The van der Waals surface area contributed by atoms with E-state index in [1.807, 2.05) is 0 Å². The van der Waals surface area contributed by atoms with Gasteiger partial charge in [0, 0.05) is 5.69 Å².